The highest BCUT2D eigenvalue weighted by molar-refractivity contribution is 8.00. The van der Waals surface area contributed by atoms with E-state index in [2.05, 4.69) is 19.9 Å². The largest absolute Gasteiger partial charge is 0.497 e. The predicted octanol–water partition coefficient (Wildman–Crippen LogP) is 5.15. The van der Waals surface area contributed by atoms with Crippen LogP contribution in [0, 0.1) is 0 Å². The quantitative estimate of drug-likeness (QED) is 0.460. The van der Waals surface area contributed by atoms with Crippen LogP contribution in [-0.4, -0.2) is 19.5 Å². The Bertz CT molecular complexity index is 366. The van der Waals surface area contributed by atoms with E-state index in [0.29, 0.717) is 5.25 Å². The lowest BCUT2D eigenvalue weighted by Crippen LogP contribution is -1.97. The van der Waals surface area contributed by atoms with Crippen molar-refractivity contribution in [1.82, 2.24) is 0 Å². The van der Waals surface area contributed by atoms with Gasteiger partial charge in [0.05, 0.1) is 19.1 Å². The molecule has 3 heteroatoms. The summed E-state index contributed by atoms with van der Waals surface area (Å²) in [5.74, 6) is 1.83. The maximum Gasteiger partial charge on any atom is 0.132 e. The Hall–Kier alpha value is -0.830. The molecule has 0 fully saturated rings. The first-order valence-electron chi connectivity index (χ1n) is 7.10. The van der Waals surface area contributed by atoms with Crippen LogP contribution in [0.25, 0.3) is 0 Å². The Morgan fingerprint density at radius 3 is 2.53 bits per heavy atom. The van der Waals surface area contributed by atoms with Gasteiger partial charge >= 0.3 is 0 Å². The minimum atomic E-state index is 0.609. The molecule has 2 nitrogen and oxygen atoms in total. The molecular formula is C16H26O2S. The Labute approximate surface area is 121 Å². The molecule has 1 aromatic carbocycles. The number of methoxy groups -OCH3 is 2. The highest BCUT2D eigenvalue weighted by atomic mass is 32.2. The number of unbranched alkanes of at least 4 members (excludes halogenated alkanes) is 3. The Kier molecular flexibility index (Phi) is 7.80. The summed E-state index contributed by atoms with van der Waals surface area (Å²) in [5.41, 5.74) is 0. The van der Waals surface area contributed by atoms with E-state index in [1.54, 1.807) is 14.2 Å². The average Bonchev–Trinajstić information content (AvgIpc) is 2.43. The molecule has 1 aromatic rings. The molecule has 0 amide bonds. The fourth-order valence-electron chi connectivity index (χ4n) is 2.01. The molecule has 0 aromatic heterocycles. The molecule has 1 rings (SSSR count). The van der Waals surface area contributed by atoms with E-state index in [1.165, 1.54) is 37.0 Å². The van der Waals surface area contributed by atoms with Crippen molar-refractivity contribution in [3.63, 3.8) is 0 Å². The molecule has 0 N–H and O–H groups in total. The monoisotopic (exact) mass is 282 g/mol. The van der Waals surface area contributed by atoms with Crippen LogP contribution in [0.4, 0.5) is 0 Å². The lowest BCUT2D eigenvalue weighted by Gasteiger charge is -2.14. The van der Waals surface area contributed by atoms with E-state index in [-0.39, 0.29) is 0 Å². The predicted molar refractivity (Wildman–Crippen MR) is 83.6 cm³/mol. The van der Waals surface area contributed by atoms with Gasteiger partial charge in [0, 0.05) is 5.25 Å². The third kappa shape index (κ3) is 5.77. The van der Waals surface area contributed by atoms with Gasteiger partial charge in [0.1, 0.15) is 11.5 Å². The lowest BCUT2D eigenvalue weighted by atomic mass is 10.1. The van der Waals surface area contributed by atoms with Gasteiger partial charge in [-0.2, -0.15) is 0 Å². The second kappa shape index (κ2) is 9.13. The molecule has 0 radical (unpaired) electrons. The number of hydrogen-bond donors (Lipinski definition) is 0. The molecule has 0 aliphatic carbocycles. The first-order chi connectivity index (χ1) is 9.21. The number of thioether (sulfide) groups is 1. The average molecular weight is 282 g/mol. The Morgan fingerprint density at radius 1 is 1.11 bits per heavy atom. The fraction of sp³-hybridized carbons (Fsp3) is 0.625. The van der Waals surface area contributed by atoms with Gasteiger partial charge in [0.2, 0.25) is 0 Å². The van der Waals surface area contributed by atoms with E-state index in [4.69, 9.17) is 9.47 Å². The van der Waals surface area contributed by atoms with Crippen molar-refractivity contribution < 1.29 is 9.47 Å². The normalized spacial score (nSPS) is 12.2. The summed E-state index contributed by atoms with van der Waals surface area (Å²) in [4.78, 5) is 1.17. The summed E-state index contributed by atoms with van der Waals surface area (Å²) in [5, 5.41) is 0.609. The number of ether oxygens (including phenoxy) is 2. The van der Waals surface area contributed by atoms with Gasteiger partial charge in [0.25, 0.3) is 0 Å². The molecule has 0 heterocycles. The number of hydrogen-bond acceptors (Lipinski definition) is 3. The van der Waals surface area contributed by atoms with Gasteiger partial charge < -0.3 is 9.47 Å². The zero-order chi connectivity index (χ0) is 14.1. The van der Waals surface area contributed by atoms with E-state index in [9.17, 15) is 0 Å². The van der Waals surface area contributed by atoms with Crippen molar-refractivity contribution in [1.29, 1.82) is 0 Å². The van der Waals surface area contributed by atoms with Crippen LogP contribution in [0.2, 0.25) is 0 Å². The van der Waals surface area contributed by atoms with Crippen molar-refractivity contribution in [2.45, 2.75) is 56.1 Å². The van der Waals surface area contributed by atoms with Gasteiger partial charge in [0.15, 0.2) is 0 Å². The van der Waals surface area contributed by atoms with Crippen molar-refractivity contribution in [2.24, 2.45) is 0 Å². The Balaban J connectivity index is 2.54. The fourth-order valence-corrected chi connectivity index (χ4v) is 3.18. The molecular weight excluding hydrogens is 256 g/mol. The highest BCUT2D eigenvalue weighted by Gasteiger charge is 2.10. The molecule has 0 saturated carbocycles. The third-order valence-electron chi connectivity index (χ3n) is 3.16. The Morgan fingerprint density at radius 2 is 1.89 bits per heavy atom. The summed E-state index contributed by atoms with van der Waals surface area (Å²) in [6, 6.07) is 5.98. The van der Waals surface area contributed by atoms with E-state index >= 15 is 0 Å². The molecule has 0 bridgehead atoms. The molecule has 108 valence electrons. The van der Waals surface area contributed by atoms with E-state index < -0.39 is 0 Å². The second-order valence-corrected chi connectivity index (χ2v) is 6.27. The molecule has 0 aliphatic rings. The van der Waals surface area contributed by atoms with Crippen LogP contribution < -0.4 is 9.47 Å². The van der Waals surface area contributed by atoms with Crippen molar-refractivity contribution >= 4 is 11.8 Å². The topological polar surface area (TPSA) is 18.5 Å². The van der Waals surface area contributed by atoms with Crippen molar-refractivity contribution in [3.8, 4) is 11.5 Å². The third-order valence-corrected chi connectivity index (χ3v) is 4.37. The molecule has 1 unspecified atom stereocenters. The first-order valence-corrected chi connectivity index (χ1v) is 7.97. The number of rotatable bonds is 9. The molecule has 19 heavy (non-hydrogen) atoms. The first kappa shape index (κ1) is 16.2. The van der Waals surface area contributed by atoms with Crippen LogP contribution in [0.3, 0.4) is 0 Å². The zero-order valence-corrected chi connectivity index (χ0v) is 13.4. The smallest absolute Gasteiger partial charge is 0.132 e. The molecule has 0 aliphatic heterocycles. The van der Waals surface area contributed by atoms with Gasteiger partial charge in [-0.05, 0) is 24.6 Å². The second-order valence-electron chi connectivity index (χ2n) is 4.79. The van der Waals surface area contributed by atoms with Crippen LogP contribution in [-0.2, 0) is 0 Å². The molecule has 1 atom stereocenters. The van der Waals surface area contributed by atoms with Crippen molar-refractivity contribution in [2.75, 3.05) is 14.2 Å². The standard InChI is InChI=1S/C16H26O2S/c1-5-6-7-8-9-13(2)19-16-12-14(17-3)10-11-15(16)18-4/h10-13H,5-9H2,1-4H3. The summed E-state index contributed by atoms with van der Waals surface area (Å²) in [7, 11) is 3.42. The van der Waals surface area contributed by atoms with Gasteiger partial charge in [-0.1, -0.05) is 39.5 Å². The van der Waals surface area contributed by atoms with Crippen molar-refractivity contribution in [3.05, 3.63) is 18.2 Å². The van der Waals surface area contributed by atoms with E-state index in [0.717, 1.165) is 11.5 Å². The summed E-state index contributed by atoms with van der Waals surface area (Å²) < 4.78 is 10.7. The van der Waals surface area contributed by atoms with Crippen LogP contribution in [0.15, 0.2) is 23.1 Å². The van der Waals surface area contributed by atoms with Gasteiger partial charge in [-0.3, -0.25) is 0 Å². The zero-order valence-electron chi connectivity index (χ0n) is 12.6. The van der Waals surface area contributed by atoms with Gasteiger partial charge in [-0.25, -0.2) is 0 Å². The lowest BCUT2D eigenvalue weighted by molar-refractivity contribution is 0.394. The maximum absolute atomic E-state index is 5.41. The summed E-state index contributed by atoms with van der Waals surface area (Å²) >= 11 is 1.88. The maximum atomic E-state index is 5.41. The van der Waals surface area contributed by atoms with Crippen LogP contribution in [0.5, 0.6) is 11.5 Å². The van der Waals surface area contributed by atoms with Crippen LogP contribution >= 0.6 is 11.8 Å². The van der Waals surface area contributed by atoms with E-state index in [1.807, 2.05) is 23.9 Å². The molecule has 0 spiro atoms. The van der Waals surface area contributed by atoms with Gasteiger partial charge in [-0.15, -0.1) is 11.8 Å². The summed E-state index contributed by atoms with van der Waals surface area (Å²) in [6.45, 7) is 4.54. The summed E-state index contributed by atoms with van der Waals surface area (Å²) in [6.07, 6.45) is 6.56. The highest BCUT2D eigenvalue weighted by Crippen LogP contribution is 2.36. The minimum absolute atomic E-state index is 0.609. The number of benzene rings is 1. The SMILES string of the molecule is CCCCCCC(C)Sc1cc(OC)ccc1OC. The van der Waals surface area contributed by atoms with Crippen LogP contribution in [0.1, 0.15) is 46.0 Å². The minimum Gasteiger partial charge on any atom is -0.497 e. The molecule has 0 saturated heterocycles.